The second-order valence-corrected chi connectivity index (χ2v) is 10.9. The summed E-state index contributed by atoms with van der Waals surface area (Å²) in [5.74, 6) is -1.69. The van der Waals surface area contributed by atoms with Crippen molar-refractivity contribution in [2.24, 2.45) is 11.5 Å². The number of hydrogen-bond acceptors (Lipinski definition) is 6. The summed E-state index contributed by atoms with van der Waals surface area (Å²) in [5, 5.41) is 3.34. The van der Waals surface area contributed by atoms with Gasteiger partial charge in [-0.15, -0.1) is 0 Å². The van der Waals surface area contributed by atoms with Gasteiger partial charge in [-0.1, -0.05) is 72.2 Å². The van der Waals surface area contributed by atoms with Gasteiger partial charge in [-0.05, 0) is 60.7 Å². The Labute approximate surface area is 250 Å². The molecule has 0 aliphatic rings. The third-order valence-electron chi connectivity index (χ3n) is 6.59. The monoisotopic (exact) mass is 622 g/mol. The Morgan fingerprint density at radius 1 is 0.878 bits per heavy atom. The molecule has 41 heavy (non-hydrogen) atoms. The standard InChI is InChI=1S/C32H39BrN4O4/c1-3-13-37(14-4-2)31(39)25-17-24(30(35)38)18-26(19-25)32(40)41-29(21-36-20-22-9-6-5-7-10-22)28(34)16-23-11-8-12-27(33)15-23/h5-12,15,17-19,28-29,36H,3-4,13-14,16,20-21,34H2,1-2H3,(H2,35,38). The van der Waals surface area contributed by atoms with Crippen LogP contribution in [0, 0.1) is 0 Å². The van der Waals surface area contributed by atoms with Crippen molar-refractivity contribution in [3.63, 3.8) is 0 Å². The number of nitrogens with one attached hydrogen (secondary N) is 1. The highest BCUT2D eigenvalue weighted by molar-refractivity contribution is 9.10. The average Bonchev–Trinajstić information content (AvgIpc) is 2.96. The van der Waals surface area contributed by atoms with Crippen molar-refractivity contribution in [1.82, 2.24) is 10.2 Å². The fraction of sp³-hybridized carbons (Fsp3) is 0.344. The summed E-state index contributed by atoms with van der Waals surface area (Å²) >= 11 is 3.49. The molecular weight excluding hydrogens is 584 g/mol. The van der Waals surface area contributed by atoms with Crippen molar-refractivity contribution < 1.29 is 19.1 Å². The first-order valence-corrected chi connectivity index (χ1v) is 14.7. The van der Waals surface area contributed by atoms with Crippen LogP contribution in [0.2, 0.25) is 0 Å². The zero-order valence-corrected chi connectivity index (χ0v) is 25.2. The molecule has 3 aromatic rings. The van der Waals surface area contributed by atoms with Crippen LogP contribution in [-0.2, 0) is 17.7 Å². The van der Waals surface area contributed by atoms with Crippen molar-refractivity contribution in [2.45, 2.75) is 51.8 Å². The van der Waals surface area contributed by atoms with Crippen LogP contribution in [-0.4, -0.2) is 54.5 Å². The number of carbonyl (C=O) groups excluding carboxylic acids is 3. The number of benzene rings is 3. The third kappa shape index (κ3) is 9.81. The maximum atomic E-state index is 13.5. The first kappa shape index (κ1) is 32.0. The van der Waals surface area contributed by atoms with Crippen LogP contribution in [0.25, 0.3) is 0 Å². The summed E-state index contributed by atoms with van der Waals surface area (Å²) in [5.41, 5.74) is 14.6. The lowest BCUT2D eigenvalue weighted by Crippen LogP contribution is -2.46. The molecule has 0 heterocycles. The van der Waals surface area contributed by atoms with Crippen molar-refractivity contribution in [1.29, 1.82) is 0 Å². The smallest absolute Gasteiger partial charge is 0.338 e. The molecule has 3 aromatic carbocycles. The van der Waals surface area contributed by atoms with Crippen LogP contribution < -0.4 is 16.8 Å². The van der Waals surface area contributed by atoms with E-state index in [1.807, 2.05) is 68.4 Å². The van der Waals surface area contributed by atoms with Crippen LogP contribution in [0.4, 0.5) is 0 Å². The summed E-state index contributed by atoms with van der Waals surface area (Å²) in [6.45, 7) is 5.97. The van der Waals surface area contributed by atoms with Crippen molar-refractivity contribution in [3.05, 3.63) is 105 Å². The van der Waals surface area contributed by atoms with Crippen molar-refractivity contribution in [2.75, 3.05) is 19.6 Å². The summed E-state index contributed by atoms with van der Waals surface area (Å²) < 4.78 is 6.88. The molecule has 0 radical (unpaired) electrons. The van der Waals surface area contributed by atoms with Gasteiger partial charge in [0.2, 0.25) is 5.91 Å². The molecule has 2 unspecified atom stereocenters. The molecule has 0 aromatic heterocycles. The van der Waals surface area contributed by atoms with Gasteiger partial charge in [0, 0.05) is 47.8 Å². The van der Waals surface area contributed by atoms with Gasteiger partial charge in [0.05, 0.1) is 5.56 Å². The van der Waals surface area contributed by atoms with Gasteiger partial charge in [-0.2, -0.15) is 0 Å². The normalized spacial score (nSPS) is 12.4. The number of halogens is 1. The van der Waals surface area contributed by atoms with E-state index in [1.165, 1.54) is 18.2 Å². The van der Waals surface area contributed by atoms with E-state index in [0.29, 0.717) is 32.6 Å². The highest BCUT2D eigenvalue weighted by atomic mass is 79.9. The van der Waals surface area contributed by atoms with Gasteiger partial charge < -0.3 is 26.4 Å². The van der Waals surface area contributed by atoms with Gasteiger partial charge in [-0.25, -0.2) is 4.79 Å². The van der Waals surface area contributed by atoms with E-state index in [4.69, 9.17) is 16.2 Å². The minimum absolute atomic E-state index is 0.0629. The number of amides is 2. The maximum Gasteiger partial charge on any atom is 0.338 e. The molecule has 9 heteroatoms. The molecule has 8 nitrogen and oxygen atoms in total. The molecule has 218 valence electrons. The first-order valence-electron chi connectivity index (χ1n) is 13.9. The second-order valence-electron chi connectivity index (χ2n) is 10.0. The van der Waals surface area contributed by atoms with Crippen LogP contribution in [0.15, 0.2) is 77.3 Å². The second kappa shape index (κ2) is 16.0. The van der Waals surface area contributed by atoms with E-state index in [-0.39, 0.29) is 22.6 Å². The lowest BCUT2D eigenvalue weighted by molar-refractivity contribution is 0.0238. The molecule has 5 N–H and O–H groups in total. The Bertz CT molecular complexity index is 1310. The fourth-order valence-corrected chi connectivity index (χ4v) is 5.00. The SMILES string of the molecule is CCCN(CCC)C(=O)c1cc(C(N)=O)cc(C(=O)OC(CNCc2ccccc2)C(N)Cc2cccc(Br)c2)c1. The highest BCUT2D eigenvalue weighted by Crippen LogP contribution is 2.18. The zero-order valence-electron chi connectivity index (χ0n) is 23.6. The maximum absolute atomic E-state index is 13.5. The predicted molar refractivity (Wildman–Crippen MR) is 165 cm³/mol. The topological polar surface area (TPSA) is 128 Å². The lowest BCUT2D eigenvalue weighted by Gasteiger charge is -2.25. The molecule has 0 saturated heterocycles. The molecule has 0 saturated carbocycles. The summed E-state index contributed by atoms with van der Waals surface area (Å²) in [6.07, 6.45) is 1.34. The Hall–Kier alpha value is -3.53. The molecule has 0 aliphatic heterocycles. The summed E-state index contributed by atoms with van der Waals surface area (Å²) in [7, 11) is 0. The van der Waals surface area contributed by atoms with E-state index >= 15 is 0 Å². The molecule has 3 rings (SSSR count). The molecular formula is C32H39BrN4O4. The van der Waals surface area contributed by atoms with Crippen molar-refractivity contribution in [3.8, 4) is 0 Å². The number of ether oxygens (including phenoxy) is 1. The molecule has 0 bridgehead atoms. The first-order chi connectivity index (χ1) is 19.7. The van der Waals surface area contributed by atoms with E-state index in [0.717, 1.165) is 28.4 Å². The van der Waals surface area contributed by atoms with E-state index in [2.05, 4.69) is 21.2 Å². The molecule has 0 fully saturated rings. The molecule has 2 atom stereocenters. The number of primary amides is 1. The number of hydrogen-bond donors (Lipinski definition) is 3. The van der Waals surface area contributed by atoms with Crippen LogP contribution in [0.3, 0.4) is 0 Å². The molecule has 0 spiro atoms. The van der Waals surface area contributed by atoms with E-state index in [9.17, 15) is 14.4 Å². The number of nitrogens with zero attached hydrogens (tertiary/aromatic N) is 1. The minimum Gasteiger partial charge on any atom is -0.456 e. The summed E-state index contributed by atoms with van der Waals surface area (Å²) in [4.78, 5) is 40.6. The molecule has 0 aliphatic carbocycles. The van der Waals surface area contributed by atoms with E-state index < -0.39 is 24.0 Å². The predicted octanol–water partition coefficient (Wildman–Crippen LogP) is 4.70. The van der Waals surface area contributed by atoms with Crippen molar-refractivity contribution >= 4 is 33.7 Å². The fourth-order valence-electron chi connectivity index (χ4n) is 4.56. The van der Waals surface area contributed by atoms with Crippen LogP contribution in [0.5, 0.6) is 0 Å². The Morgan fingerprint density at radius 2 is 1.51 bits per heavy atom. The Morgan fingerprint density at radius 3 is 2.15 bits per heavy atom. The van der Waals surface area contributed by atoms with Crippen LogP contribution >= 0.6 is 15.9 Å². The van der Waals surface area contributed by atoms with Crippen LogP contribution in [0.1, 0.15) is 68.9 Å². The highest BCUT2D eigenvalue weighted by Gasteiger charge is 2.25. The number of rotatable bonds is 15. The number of nitrogens with two attached hydrogens (primary N) is 2. The minimum atomic E-state index is -0.737. The van der Waals surface area contributed by atoms with Gasteiger partial charge in [-0.3, -0.25) is 9.59 Å². The quantitative estimate of drug-likeness (QED) is 0.211. The average molecular weight is 624 g/mol. The summed E-state index contributed by atoms with van der Waals surface area (Å²) in [6, 6.07) is 21.4. The number of esters is 1. The van der Waals surface area contributed by atoms with Gasteiger partial charge in [0.1, 0.15) is 6.10 Å². The number of carbonyl (C=O) groups is 3. The van der Waals surface area contributed by atoms with Gasteiger partial charge in [0.15, 0.2) is 0 Å². The van der Waals surface area contributed by atoms with Gasteiger partial charge >= 0.3 is 5.97 Å². The zero-order chi connectivity index (χ0) is 29.8. The molecule has 2 amide bonds. The largest absolute Gasteiger partial charge is 0.456 e. The van der Waals surface area contributed by atoms with E-state index in [1.54, 1.807) is 4.90 Å². The third-order valence-corrected chi connectivity index (χ3v) is 7.08. The Balaban J connectivity index is 1.85. The Kier molecular flexibility index (Phi) is 12.5. The van der Waals surface area contributed by atoms with Gasteiger partial charge in [0.25, 0.3) is 5.91 Å². The lowest BCUT2D eigenvalue weighted by atomic mass is 10.0.